The molecule has 0 aromatic heterocycles. The molecule has 0 radical (unpaired) electrons. The van der Waals surface area contributed by atoms with Crippen LogP contribution in [0.4, 0.5) is 0 Å². The Kier molecular flexibility index (Phi) is 4.81. The molecule has 0 rings (SSSR count). The van der Waals surface area contributed by atoms with Crippen LogP contribution in [0.2, 0.25) is 0 Å². The predicted octanol–water partition coefficient (Wildman–Crippen LogP) is -0.528. The molecular weight excluding hydrogens is 144 g/mol. The highest BCUT2D eigenvalue weighted by atomic mass is 16.5. The predicted molar refractivity (Wildman–Crippen MR) is 42.8 cm³/mol. The minimum atomic E-state index is -0.672. The summed E-state index contributed by atoms with van der Waals surface area (Å²) in [4.78, 5) is 10.9. The third kappa shape index (κ3) is 4.75. The Morgan fingerprint density at radius 1 is 1.55 bits per heavy atom. The fourth-order valence-electron chi connectivity index (χ4n) is 0.452. The van der Waals surface area contributed by atoms with Gasteiger partial charge < -0.3 is 16.2 Å². The molecule has 0 aliphatic carbocycles. The lowest BCUT2D eigenvalue weighted by Crippen LogP contribution is -2.39. The molecule has 0 aliphatic rings. The van der Waals surface area contributed by atoms with Gasteiger partial charge in [-0.2, -0.15) is 0 Å². The molecule has 0 fully saturated rings. The lowest BCUT2D eigenvalue weighted by atomic mass is 10.2. The molecule has 0 spiro atoms. The Morgan fingerprint density at radius 2 is 2.09 bits per heavy atom. The molecule has 0 saturated carbocycles. The van der Waals surface area contributed by atoms with Crippen molar-refractivity contribution in [1.82, 2.24) is 0 Å². The van der Waals surface area contributed by atoms with Crippen LogP contribution in [-0.4, -0.2) is 25.2 Å². The van der Waals surface area contributed by atoms with Crippen molar-refractivity contribution in [3.05, 3.63) is 0 Å². The van der Waals surface area contributed by atoms with Crippen LogP contribution in [0.5, 0.6) is 0 Å². The van der Waals surface area contributed by atoms with Gasteiger partial charge in [-0.1, -0.05) is 13.8 Å². The fourth-order valence-corrected chi connectivity index (χ4v) is 0.452. The van der Waals surface area contributed by atoms with E-state index >= 15 is 0 Å². The smallest absolute Gasteiger partial charge is 0.324 e. The van der Waals surface area contributed by atoms with Crippen LogP contribution in [0.15, 0.2) is 0 Å². The van der Waals surface area contributed by atoms with Crippen LogP contribution in [0, 0.1) is 5.92 Å². The molecule has 0 saturated heterocycles. The van der Waals surface area contributed by atoms with Gasteiger partial charge in [0.2, 0.25) is 0 Å². The maximum absolute atomic E-state index is 10.9. The van der Waals surface area contributed by atoms with Gasteiger partial charge in [-0.05, 0) is 5.92 Å². The monoisotopic (exact) mass is 160 g/mol. The molecule has 1 atom stereocenters. The van der Waals surface area contributed by atoms with Gasteiger partial charge in [-0.25, -0.2) is 0 Å². The third-order valence-electron chi connectivity index (χ3n) is 1.12. The number of carbonyl (C=O) groups excluding carboxylic acids is 1. The quantitative estimate of drug-likeness (QED) is 0.542. The number of ether oxygens (including phenoxy) is 1. The van der Waals surface area contributed by atoms with Gasteiger partial charge in [0.1, 0.15) is 6.04 Å². The summed E-state index contributed by atoms with van der Waals surface area (Å²) in [5.41, 5.74) is 10.5. The van der Waals surface area contributed by atoms with E-state index in [1.807, 2.05) is 13.8 Å². The van der Waals surface area contributed by atoms with Crippen LogP contribution in [-0.2, 0) is 9.53 Å². The Balaban J connectivity index is 3.52. The molecule has 0 bridgehead atoms. The topological polar surface area (TPSA) is 78.3 Å². The van der Waals surface area contributed by atoms with Crippen LogP contribution >= 0.6 is 0 Å². The van der Waals surface area contributed by atoms with Crippen molar-refractivity contribution >= 4 is 5.97 Å². The van der Waals surface area contributed by atoms with Gasteiger partial charge >= 0.3 is 5.97 Å². The number of carbonyl (C=O) groups is 1. The third-order valence-corrected chi connectivity index (χ3v) is 1.12. The second-order valence-electron chi connectivity index (χ2n) is 2.87. The molecule has 4 heteroatoms. The second kappa shape index (κ2) is 5.09. The maximum Gasteiger partial charge on any atom is 0.324 e. The van der Waals surface area contributed by atoms with Crippen molar-refractivity contribution in [2.24, 2.45) is 17.4 Å². The van der Waals surface area contributed by atoms with Crippen molar-refractivity contribution in [1.29, 1.82) is 0 Å². The van der Waals surface area contributed by atoms with Gasteiger partial charge in [-0.15, -0.1) is 0 Å². The zero-order valence-corrected chi connectivity index (χ0v) is 7.04. The zero-order valence-electron chi connectivity index (χ0n) is 7.04. The average Bonchev–Trinajstić information content (AvgIpc) is 1.98. The highest BCUT2D eigenvalue weighted by Gasteiger charge is 2.12. The Morgan fingerprint density at radius 3 is 2.45 bits per heavy atom. The highest BCUT2D eigenvalue weighted by Crippen LogP contribution is 1.93. The van der Waals surface area contributed by atoms with Gasteiger partial charge in [0.15, 0.2) is 0 Å². The summed E-state index contributed by atoms with van der Waals surface area (Å²) in [6.45, 7) is 4.46. The van der Waals surface area contributed by atoms with Gasteiger partial charge in [0, 0.05) is 6.54 Å². The molecule has 0 amide bonds. The number of nitrogens with two attached hydrogens (primary N) is 2. The normalized spacial score (nSPS) is 13.2. The van der Waals surface area contributed by atoms with Crippen molar-refractivity contribution in [3.8, 4) is 0 Å². The summed E-state index contributed by atoms with van der Waals surface area (Å²) in [6.07, 6.45) is 0. The summed E-state index contributed by atoms with van der Waals surface area (Å²) >= 11 is 0. The van der Waals surface area contributed by atoms with Crippen molar-refractivity contribution in [3.63, 3.8) is 0 Å². The van der Waals surface area contributed by atoms with Crippen LogP contribution in [0.1, 0.15) is 13.8 Å². The summed E-state index contributed by atoms with van der Waals surface area (Å²) in [5.74, 6) is -0.0786. The Bertz CT molecular complexity index is 126. The van der Waals surface area contributed by atoms with E-state index in [1.54, 1.807) is 0 Å². The first-order chi connectivity index (χ1) is 5.07. The number of esters is 1. The van der Waals surface area contributed by atoms with Crippen LogP contribution in [0.25, 0.3) is 0 Å². The fraction of sp³-hybridized carbons (Fsp3) is 0.857. The first-order valence-electron chi connectivity index (χ1n) is 3.70. The van der Waals surface area contributed by atoms with Gasteiger partial charge in [0.25, 0.3) is 0 Å². The Labute approximate surface area is 66.9 Å². The minimum absolute atomic E-state index is 0.136. The molecule has 1 unspecified atom stereocenters. The number of hydrogen-bond donors (Lipinski definition) is 2. The number of hydrogen-bond acceptors (Lipinski definition) is 4. The molecule has 0 aromatic carbocycles. The summed E-state index contributed by atoms with van der Waals surface area (Å²) in [5, 5.41) is 0. The SMILES string of the molecule is CC(C)COC(=O)C(N)CN. The second-order valence-corrected chi connectivity index (χ2v) is 2.87. The molecule has 4 nitrogen and oxygen atoms in total. The summed E-state index contributed by atoms with van der Waals surface area (Å²) in [6, 6.07) is -0.672. The van der Waals surface area contributed by atoms with Crippen LogP contribution < -0.4 is 11.5 Å². The van der Waals surface area contributed by atoms with E-state index in [1.165, 1.54) is 0 Å². The molecular formula is C7H16N2O2. The summed E-state index contributed by atoms with van der Waals surface area (Å²) in [7, 11) is 0. The first-order valence-corrected chi connectivity index (χ1v) is 3.70. The summed E-state index contributed by atoms with van der Waals surface area (Å²) < 4.78 is 4.81. The average molecular weight is 160 g/mol. The zero-order chi connectivity index (χ0) is 8.85. The lowest BCUT2D eigenvalue weighted by Gasteiger charge is -2.10. The van der Waals surface area contributed by atoms with E-state index < -0.39 is 12.0 Å². The molecule has 0 aliphatic heterocycles. The van der Waals surface area contributed by atoms with E-state index in [0.29, 0.717) is 12.5 Å². The first kappa shape index (κ1) is 10.4. The molecule has 0 heterocycles. The molecule has 0 aromatic rings. The van der Waals surface area contributed by atoms with Crippen molar-refractivity contribution in [2.45, 2.75) is 19.9 Å². The maximum atomic E-state index is 10.9. The van der Waals surface area contributed by atoms with E-state index in [-0.39, 0.29) is 6.54 Å². The van der Waals surface area contributed by atoms with Crippen molar-refractivity contribution in [2.75, 3.05) is 13.2 Å². The highest BCUT2D eigenvalue weighted by molar-refractivity contribution is 5.75. The Hall–Kier alpha value is -0.610. The van der Waals surface area contributed by atoms with E-state index in [0.717, 1.165) is 0 Å². The van der Waals surface area contributed by atoms with E-state index in [9.17, 15) is 4.79 Å². The molecule has 4 N–H and O–H groups in total. The van der Waals surface area contributed by atoms with Crippen molar-refractivity contribution < 1.29 is 9.53 Å². The van der Waals surface area contributed by atoms with Gasteiger partial charge in [-0.3, -0.25) is 4.79 Å². The lowest BCUT2D eigenvalue weighted by molar-refractivity contribution is -0.146. The molecule has 11 heavy (non-hydrogen) atoms. The van der Waals surface area contributed by atoms with E-state index in [2.05, 4.69) is 0 Å². The largest absolute Gasteiger partial charge is 0.464 e. The van der Waals surface area contributed by atoms with Gasteiger partial charge in [0.05, 0.1) is 6.61 Å². The van der Waals surface area contributed by atoms with Crippen LogP contribution in [0.3, 0.4) is 0 Å². The molecule has 66 valence electrons. The van der Waals surface area contributed by atoms with E-state index in [4.69, 9.17) is 16.2 Å². The standard InChI is InChI=1S/C7H16N2O2/c1-5(2)4-11-7(10)6(9)3-8/h5-6H,3-4,8-9H2,1-2H3. The minimum Gasteiger partial charge on any atom is -0.464 e. The number of rotatable bonds is 4.